The third-order valence-electron chi connectivity index (χ3n) is 4.03. The Labute approximate surface area is 182 Å². The average molecular weight is 447 g/mol. The first-order chi connectivity index (χ1) is 14.7. The third-order valence-corrected chi connectivity index (χ3v) is 4.58. The van der Waals surface area contributed by atoms with Crippen molar-refractivity contribution in [3.8, 4) is 11.3 Å². The van der Waals surface area contributed by atoms with Crippen molar-refractivity contribution in [3.63, 3.8) is 0 Å². The number of non-ortho nitro benzene ring substituents is 1. The normalized spacial score (nSPS) is 10.6. The second-order valence-electron chi connectivity index (χ2n) is 5.98. The van der Waals surface area contributed by atoms with Crippen LogP contribution in [0.15, 0.2) is 29.4 Å². The first kappa shape index (κ1) is 23.7. The van der Waals surface area contributed by atoms with Crippen LogP contribution in [0, 0.1) is 21.4 Å². The van der Waals surface area contributed by atoms with Gasteiger partial charge in [0, 0.05) is 17.7 Å². The molecule has 1 heterocycles. The van der Waals surface area contributed by atoms with Gasteiger partial charge in [-0.3, -0.25) is 19.7 Å². The van der Waals surface area contributed by atoms with Crippen LogP contribution in [0.4, 0.5) is 11.5 Å². The number of hydrogen-bond acceptors (Lipinski definition) is 11. The van der Waals surface area contributed by atoms with Gasteiger partial charge in [-0.15, -0.1) is 0 Å². The SMILES string of the molecule is CCOC(=O)C(C(=N)c1c(N)nc(SC)nc1-c1cccc([N+](=O)[O-])c1)C(=O)OCC. The lowest BCUT2D eigenvalue weighted by Gasteiger charge is -2.19. The molecule has 0 aliphatic heterocycles. The van der Waals surface area contributed by atoms with Gasteiger partial charge in [0.1, 0.15) is 5.82 Å². The van der Waals surface area contributed by atoms with Gasteiger partial charge in [0.25, 0.3) is 5.69 Å². The number of hydrogen-bond donors (Lipinski definition) is 2. The Morgan fingerprint density at radius 1 is 1.23 bits per heavy atom. The quantitative estimate of drug-likeness (QED) is 0.111. The molecule has 3 N–H and O–H groups in total. The predicted molar refractivity (Wildman–Crippen MR) is 114 cm³/mol. The molecule has 0 unspecified atom stereocenters. The zero-order valence-corrected chi connectivity index (χ0v) is 17.9. The minimum atomic E-state index is -1.72. The molecule has 0 atom stereocenters. The zero-order valence-electron chi connectivity index (χ0n) is 17.1. The molecule has 2 rings (SSSR count). The molecular formula is C19H21N5O6S. The molecular weight excluding hydrogens is 426 g/mol. The second-order valence-corrected chi connectivity index (χ2v) is 6.75. The molecule has 0 radical (unpaired) electrons. The highest BCUT2D eigenvalue weighted by molar-refractivity contribution is 7.98. The number of anilines is 1. The molecule has 1 aromatic heterocycles. The lowest BCUT2D eigenvalue weighted by Crippen LogP contribution is -2.36. The van der Waals surface area contributed by atoms with Crippen LogP contribution in [-0.2, 0) is 19.1 Å². The number of aromatic nitrogens is 2. The summed E-state index contributed by atoms with van der Waals surface area (Å²) in [5.41, 5.74) is 5.58. The van der Waals surface area contributed by atoms with E-state index in [4.69, 9.17) is 20.6 Å². The fourth-order valence-corrected chi connectivity index (χ4v) is 3.09. The summed E-state index contributed by atoms with van der Waals surface area (Å²) < 4.78 is 9.88. The minimum absolute atomic E-state index is 0.0167. The lowest BCUT2D eigenvalue weighted by atomic mass is 9.93. The number of nitro benzene ring substituents is 1. The number of rotatable bonds is 9. The fourth-order valence-electron chi connectivity index (χ4n) is 2.72. The zero-order chi connectivity index (χ0) is 23.1. The van der Waals surface area contributed by atoms with E-state index in [1.165, 1.54) is 30.0 Å². The molecule has 0 spiro atoms. The standard InChI is InChI=1S/C19H21N5O6S/c1-4-29-17(25)13(18(26)30-5-2)14(20)12-15(22-19(31-3)23-16(12)21)10-7-6-8-11(9-10)24(27)28/h6-9,13,20H,4-5H2,1-3H3,(H2,21,22,23). The van der Waals surface area contributed by atoms with Crippen molar-refractivity contribution in [1.29, 1.82) is 5.41 Å². The number of ether oxygens (including phenoxy) is 2. The van der Waals surface area contributed by atoms with E-state index in [2.05, 4.69) is 9.97 Å². The Balaban J connectivity index is 2.72. The van der Waals surface area contributed by atoms with E-state index in [0.717, 1.165) is 0 Å². The molecule has 0 amide bonds. The Morgan fingerprint density at radius 3 is 2.35 bits per heavy atom. The van der Waals surface area contributed by atoms with Crippen LogP contribution in [0.2, 0.25) is 0 Å². The molecule has 164 valence electrons. The van der Waals surface area contributed by atoms with Crippen LogP contribution in [0.3, 0.4) is 0 Å². The molecule has 0 saturated carbocycles. The number of thioether (sulfide) groups is 1. The Morgan fingerprint density at radius 2 is 1.84 bits per heavy atom. The highest BCUT2D eigenvalue weighted by Crippen LogP contribution is 2.32. The lowest BCUT2D eigenvalue weighted by molar-refractivity contribution is -0.384. The topological polar surface area (TPSA) is 171 Å². The van der Waals surface area contributed by atoms with E-state index < -0.39 is 28.5 Å². The van der Waals surface area contributed by atoms with E-state index in [1.807, 2.05) is 0 Å². The summed E-state index contributed by atoms with van der Waals surface area (Å²) in [5.74, 6) is -3.85. The number of nitrogens with two attached hydrogens (primary N) is 1. The average Bonchev–Trinajstić information content (AvgIpc) is 2.73. The number of nitrogen functional groups attached to an aromatic ring is 1. The van der Waals surface area contributed by atoms with Gasteiger partial charge in [0.05, 0.1) is 35.1 Å². The highest BCUT2D eigenvalue weighted by atomic mass is 32.2. The maximum Gasteiger partial charge on any atom is 0.326 e. The summed E-state index contributed by atoms with van der Waals surface area (Å²) >= 11 is 1.17. The summed E-state index contributed by atoms with van der Waals surface area (Å²) in [5, 5.41) is 20.1. The molecule has 11 nitrogen and oxygen atoms in total. The monoisotopic (exact) mass is 447 g/mol. The molecule has 0 saturated heterocycles. The predicted octanol–water partition coefficient (Wildman–Crippen LogP) is 2.47. The van der Waals surface area contributed by atoms with Crippen molar-refractivity contribution in [2.24, 2.45) is 5.92 Å². The fraction of sp³-hybridized carbons (Fsp3) is 0.316. The molecule has 2 aromatic rings. The Kier molecular flexibility index (Phi) is 8.02. The van der Waals surface area contributed by atoms with Gasteiger partial charge < -0.3 is 20.6 Å². The van der Waals surface area contributed by atoms with Crippen LogP contribution in [0.25, 0.3) is 11.3 Å². The van der Waals surface area contributed by atoms with Gasteiger partial charge in [0.2, 0.25) is 0 Å². The van der Waals surface area contributed by atoms with Crippen LogP contribution < -0.4 is 5.73 Å². The Bertz CT molecular complexity index is 1010. The van der Waals surface area contributed by atoms with Gasteiger partial charge in [0.15, 0.2) is 11.1 Å². The number of nitrogens with zero attached hydrogens (tertiary/aromatic N) is 3. The van der Waals surface area contributed by atoms with E-state index in [1.54, 1.807) is 26.2 Å². The third kappa shape index (κ3) is 5.34. The summed E-state index contributed by atoms with van der Waals surface area (Å²) in [6, 6.07) is 5.55. The number of nitrogens with one attached hydrogen (secondary N) is 1. The van der Waals surface area contributed by atoms with Gasteiger partial charge in [-0.1, -0.05) is 23.9 Å². The van der Waals surface area contributed by atoms with Crippen molar-refractivity contribution in [2.45, 2.75) is 19.0 Å². The highest BCUT2D eigenvalue weighted by Gasteiger charge is 2.37. The molecule has 12 heteroatoms. The maximum absolute atomic E-state index is 12.5. The van der Waals surface area contributed by atoms with Crippen LogP contribution in [0.1, 0.15) is 19.4 Å². The smallest absolute Gasteiger partial charge is 0.326 e. The first-order valence-corrected chi connectivity index (χ1v) is 10.4. The minimum Gasteiger partial charge on any atom is -0.465 e. The molecule has 0 aliphatic rings. The first-order valence-electron chi connectivity index (χ1n) is 9.13. The van der Waals surface area contributed by atoms with Crippen molar-refractivity contribution in [3.05, 3.63) is 39.9 Å². The van der Waals surface area contributed by atoms with Gasteiger partial charge in [-0.25, -0.2) is 9.97 Å². The number of esters is 2. The maximum atomic E-state index is 12.5. The van der Waals surface area contributed by atoms with E-state index in [-0.39, 0.29) is 46.7 Å². The van der Waals surface area contributed by atoms with Crippen LogP contribution in [0.5, 0.6) is 0 Å². The van der Waals surface area contributed by atoms with Crippen molar-refractivity contribution >= 4 is 40.9 Å². The van der Waals surface area contributed by atoms with Gasteiger partial charge >= 0.3 is 11.9 Å². The van der Waals surface area contributed by atoms with E-state index in [9.17, 15) is 19.7 Å². The van der Waals surface area contributed by atoms with E-state index in [0.29, 0.717) is 0 Å². The molecule has 1 aromatic carbocycles. The van der Waals surface area contributed by atoms with Crippen molar-refractivity contribution < 1.29 is 24.0 Å². The number of benzene rings is 1. The van der Waals surface area contributed by atoms with Gasteiger partial charge in [-0.2, -0.15) is 0 Å². The van der Waals surface area contributed by atoms with Crippen molar-refractivity contribution in [2.75, 3.05) is 25.2 Å². The second kappa shape index (κ2) is 10.5. The van der Waals surface area contributed by atoms with E-state index >= 15 is 0 Å². The Hall–Kier alpha value is -3.54. The van der Waals surface area contributed by atoms with Crippen molar-refractivity contribution in [1.82, 2.24) is 9.97 Å². The summed E-state index contributed by atoms with van der Waals surface area (Å²) in [6.07, 6.45) is 1.71. The molecule has 31 heavy (non-hydrogen) atoms. The van der Waals surface area contributed by atoms with Crippen LogP contribution in [-0.4, -0.2) is 52.0 Å². The molecule has 0 fully saturated rings. The summed E-state index contributed by atoms with van der Waals surface area (Å²) in [6.45, 7) is 3.08. The number of carbonyl (C=O) groups excluding carboxylic acids is 2. The summed E-state index contributed by atoms with van der Waals surface area (Å²) in [4.78, 5) is 44.0. The van der Waals surface area contributed by atoms with Crippen LogP contribution >= 0.6 is 11.8 Å². The summed E-state index contributed by atoms with van der Waals surface area (Å²) in [7, 11) is 0. The largest absolute Gasteiger partial charge is 0.465 e. The molecule has 0 bridgehead atoms. The number of nitro groups is 1. The van der Waals surface area contributed by atoms with Gasteiger partial charge in [-0.05, 0) is 20.1 Å². The molecule has 0 aliphatic carbocycles. The number of carbonyl (C=O) groups is 2.